The Bertz CT molecular complexity index is 3060. The lowest BCUT2D eigenvalue weighted by molar-refractivity contribution is 0.768. The molecule has 0 bridgehead atoms. The zero-order valence-corrected chi connectivity index (χ0v) is 32.0. The molecule has 10 aromatic rings. The second-order valence-electron chi connectivity index (χ2n) is 15.2. The molecule has 10 aromatic carbocycles. The lowest BCUT2D eigenvalue weighted by Gasteiger charge is -2.34. The van der Waals surface area contributed by atoms with Crippen LogP contribution in [0.3, 0.4) is 0 Å². The van der Waals surface area contributed by atoms with E-state index in [4.69, 9.17) is 0 Å². The zero-order valence-electron chi connectivity index (χ0n) is 32.0. The van der Waals surface area contributed by atoms with Crippen molar-refractivity contribution in [1.82, 2.24) is 0 Å². The van der Waals surface area contributed by atoms with Crippen LogP contribution in [-0.4, -0.2) is 0 Å². The van der Waals surface area contributed by atoms with Crippen molar-refractivity contribution < 1.29 is 0 Å². The lowest BCUT2D eigenvalue weighted by Crippen LogP contribution is -2.28. The highest BCUT2D eigenvalue weighted by Gasteiger charge is 2.46. The van der Waals surface area contributed by atoms with Crippen molar-refractivity contribution in [3.8, 4) is 33.4 Å². The minimum Gasteiger partial charge on any atom is -0.309 e. The van der Waals surface area contributed by atoms with Crippen LogP contribution in [0.2, 0.25) is 0 Å². The number of rotatable bonds is 7. The van der Waals surface area contributed by atoms with Crippen molar-refractivity contribution in [2.75, 3.05) is 4.90 Å². The summed E-state index contributed by atoms with van der Waals surface area (Å²) in [5.41, 5.74) is 15.3. The van der Waals surface area contributed by atoms with E-state index in [1.807, 2.05) is 0 Å². The number of para-hydroxylation sites is 1. The summed E-state index contributed by atoms with van der Waals surface area (Å²) < 4.78 is 0. The van der Waals surface area contributed by atoms with Crippen molar-refractivity contribution in [3.63, 3.8) is 0 Å². The largest absolute Gasteiger partial charge is 0.309 e. The Balaban J connectivity index is 1.23. The molecular formula is C57H39N. The van der Waals surface area contributed by atoms with Crippen LogP contribution in [0.15, 0.2) is 237 Å². The molecule has 0 radical (unpaired) electrons. The Hall–Kier alpha value is -7.48. The van der Waals surface area contributed by atoms with Crippen molar-refractivity contribution in [2.45, 2.75) is 5.41 Å². The molecule has 1 aliphatic rings. The van der Waals surface area contributed by atoms with Gasteiger partial charge in [-0.3, -0.25) is 0 Å². The van der Waals surface area contributed by atoms with Gasteiger partial charge in [0.05, 0.1) is 11.1 Å². The minimum absolute atomic E-state index is 0.469. The molecule has 0 spiro atoms. The molecule has 0 atom stereocenters. The molecule has 11 rings (SSSR count). The van der Waals surface area contributed by atoms with Crippen LogP contribution in [0, 0.1) is 0 Å². The fourth-order valence-electron chi connectivity index (χ4n) is 9.69. The predicted octanol–water partition coefficient (Wildman–Crippen LogP) is 15.2. The highest BCUT2D eigenvalue weighted by atomic mass is 15.1. The lowest BCUT2D eigenvalue weighted by atomic mass is 9.68. The number of hydrogen-bond donors (Lipinski definition) is 0. The van der Waals surface area contributed by atoms with Gasteiger partial charge in [0.15, 0.2) is 0 Å². The Labute approximate surface area is 339 Å². The molecular weight excluding hydrogens is 699 g/mol. The second-order valence-corrected chi connectivity index (χ2v) is 15.2. The van der Waals surface area contributed by atoms with E-state index in [9.17, 15) is 0 Å². The summed E-state index contributed by atoms with van der Waals surface area (Å²) >= 11 is 0. The van der Waals surface area contributed by atoms with Crippen LogP contribution in [-0.2, 0) is 5.41 Å². The van der Waals surface area contributed by atoms with E-state index in [1.54, 1.807) is 0 Å². The van der Waals surface area contributed by atoms with Crippen LogP contribution in [0.4, 0.5) is 17.1 Å². The molecule has 0 heterocycles. The highest BCUT2D eigenvalue weighted by molar-refractivity contribution is 6.22. The van der Waals surface area contributed by atoms with Gasteiger partial charge < -0.3 is 4.90 Å². The number of nitrogens with zero attached hydrogens (tertiary/aromatic N) is 1. The molecule has 0 aliphatic heterocycles. The summed E-state index contributed by atoms with van der Waals surface area (Å²) in [5, 5.41) is 4.90. The molecule has 1 nitrogen and oxygen atoms in total. The van der Waals surface area contributed by atoms with E-state index in [0.717, 1.165) is 17.1 Å². The van der Waals surface area contributed by atoms with Gasteiger partial charge in [-0.15, -0.1) is 0 Å². The van der Waals surface area contributed by atoms with Crippen molar-refractivity contribution in [2.24, 2.45) is 0 Å². The molecule has 0 fully saturated rings. The van der Waals surface area contributed by atoms with E-state index < -0.39 is 5.41 Å². The van der Waals surface area contributed by atoms with Crippen molar-refractivity contribution in [1.29, 1.82) is 0 Å². The third kappa shape index (κ3) is 5.25. The monoisotopic (exact) mass is 737 g/mol. The maximum atomic E-state index is 2.51. The number of benzene rings is 10. The Morgan fingerprint density at radius 3 is 1.48 bits per heavy atom. The van der Waals surface area contributed by atoms with Gasteiger partial charge in [0.25, 0.3) is 0 Å². The first kappa shape index (κ1) is 33.8. The molecule has 0 unspecified atom stereocenters. The summed E-state index contributed by atoms with van der Waals surface area (Å²) in [4.78, 5) is 2.51. The van der Waals surface area contributed by atoms with Gasteiger partial charge in [-0.2, -0.15) is 0 Å². The third-order valence-electron chi connectivity index (χ3n) is 12.1. The van der Waals surface area contributed by atoms with Gasteiger partial charge in [-0.1, -0.05) is 206 Å². The van der Waals surface area contributed by atoms with Gasteiger partial charge in [0, 0.05) is 22.3 Å². The average molecular weight is 738 g/mol. The maximum absolute atomic E-state index is 2.51. The van der Waals surface area contributed by atoms with Crippen LogP contribution in [0.25, 0.3) is 54.9 Å². The van der Waals surface area contributed by atoms with Gasteiger partial charge in [0.1, 0.15) is 0 Å². The van der Waals surface area contributed by atoms with Gasteiger partial charge in [-0.25, -0.2) is 0 Å². The summed E-state index contributed by atoms with van der Waals surface area (Å²) in [7, 11) is 0. The Kier molecular flexibility index (Phi) is 8.12. The first-order chi connectivity index (χ1) is 28.8. The zero-order chi connectivity index (χ0) is 38.5. The Morgan fingerprint density at radius 1 is 0.293 bits per heavy atom. The highest BCUT2D eigenvalue weighted by Crippen LogP contribution is 2.58. The molecule has 58 heavy (non-hydrogen) atoms. The summed E-state index contributed by atoms with van der Waals surface area (Å²) in [6.07, 6.45) is 0. The molecule has 1 heteroatoms. The molecule has 0 aromatic heterocycles. The molecule has 0 saturated heterocycles. The van der Waals surface area contributed by atoms with Crippen LogP contribution >= 0.6 is 0 Å². The van der Waals surface area contributed by atoms with Crippen molar-refractivity contribution in [3.05, 3.63) is 259 Å². The SMILES string of the molecule is c1ccc(-c2cccc(-c3c(N(c4ccccc4)c4ccc5c(c4)-c4ccccc4C5(c4ccccc4)c4ccccc4)c4ccccc4c4ccccc34)c2)cc1. The number of anilines is 3. The fourth-order valence-corrected chi connectivity index (χ4v) is 9.69. The van der Waals surface area contributed by atoms with E-state index in [0.29, 0.717) is 0 Å². The minimum atomic E-state index is -0.469. The molecule has 0 saturated carbocycles. The van der Waals surface area contributed by atoms with E-state index in [1.165, 1.54) is 77.2 Å². The van der Waals surface area contributed by atoms with Crippen LogP contribution < -0.4 is 4.90 Å². The standard InChI is InChI=1S/C57H39N/c1-5-20-40(21-6-1)41-22-19-23-42(38-41)55-50-33-15-13-30-47(50)48-31-14-16-34-51(48)56(55)58(45-28-11-4-12-29-45)46-36-37-54-52(39-46)49-32-17-18-35-53(49)57(54,43-24-7-2-8-25-43)44-26-9-3-10-27-44/h1-39H. The molecule has 0 amide bonds. The number of hydrogen-bond acceptors (Lipinski definition) is 1. The predicted molar refractivity (Wildman–Crippen MR) is 244 cm³/mol. The normalized spacial score (nSPS) is 12.6. The topological polar surface area (TPSA) is 3.24 Å². The summed E-state index contributed by atoms with van der Waals surface area (Å²) in [6, 6.07) is 86.8. The third-order valence-corrected chi connectivity index (χ3v) is 12.1. The van der Waals surface area contributed by atoms with Gasteiger partial charge in [0.2, 0.25) is 0 Å². The molecule has 272 valence electrons. The average Bonchev–Trinajstić information content (AvgIpc) is 3.61. The second kappa shape index (κ2) is 13.9. The fraction of sp³-hybridized carbons (Fsp3) is 0.0175. The molecule has 1 aliphatic carbocycles. The van der Waals surface area contributed by atoms with Crippen LogP contribution in [0.5, 0.6) is 0 Å². The van der Waals surface area contributed by atoms with E-state index in [-0.39, 0.29) is 0 Å². The van der Waals surface area contributed by atoms with E-state index in [2.05, 4.69) is 241 Å². The quantitative estimate of drug-likeness (QED) is 0.147. The summed E-state index contributed by atoms with van der Waals surface area (Å²) in [6.45, 7) is 0. The van der Waals surface area contributed by atoms with Gasteiger partial charge >= 0.3 is 0 Å². The number of fused-ring (bicyclic) bond motifs is 6. The smallest absolute Gasteiger partial charge is 0.0713 e. The van der Waals surface area contributed by atoms with Gasteiger partial charge in [-0.05, 0) is 96.6 Å². The first-order valence-corrected chi connectivity index (χ1v) is 20.1. The first-order valence-electron chi connectivity index (χ1n) is 20.1. The maximum Gasteiger partial charge on any atom is 0.0713 e. The molecule has 0 N–H and O–H groups in total. The van der Waals surface area contributed by atoms with Crippen molar-refractivity contribution >= 4 is 38.6 Å². The van der Waals surface area contributed by atoms with Crippen LogP contribution in [0.1, 0.15) is 22.3 Å². The Morgan fingerprint density at radius 2 is 0.793 bits per heavy atom. The van der Waals surface area contributed by atoms with E-state index >= 15 is 0 Å². The summed E-state index contributed by atoms with van der Waals surface area (Å²) in [5.74, 6) is 0.